The molecule has 2 aromatic heterocycles. The number of carbonyl (C=O) groups is 1. The standard InChI is InChI=1S/C29H29F2N9O2/c1-5-24(41)40-12-10-39(11-13-40)23-9-7-19-28(37-23)29(35-15-34-19)36-18-6-8-21(16(2)25(18)30)42-22-14-20(38-32)27(33-4)26(31)17(22)3/h5-9,14-15,32-33H,1,10-13H2,2-4H3,(H,34,35,36). The Balaban J connectivity index is 1.41. The maximum absolute atomic E-state index is 15.6. The van der Waals surface area contributed by atoms with Crippen molar-refractivity contribution in [2.45, 2.75) is 13.8 Å². The van der Waals surface area contributed by atoms with Crippen molar-refractivity contribution in [3.8, 4) is 11.5 Å². The molecular formula is C29H29F2N9O2. The van der Waals surface area contributed by atoms with Gasteiger partial charge >= 0.3 is 0 Å². The van der Waals surface area contributed by atoms with Gasteiger partial charge in [0.1, 0.15) is 34.8 Å². The van der Waals surface area contributed by atoms with Crippen LogP contribution in [0, 0.1) is 31.0 Å². The molecule has 0 unspecified atom stereocenters. The Bertz CT molecular complexity index is 1710. The molecule has 5 rings (SSSR count). The van der Waals surface area contributed by atoms with Crippen LogP contribution >= 0.6 is 0 Å². The lowest BCUT2D eigenvalue weighted by Crippen LogP contribution is -2.48. The van der Waals surface area contributed by atoms with Crippen molar-refractivity contribution in [2.75, 3.05) is 48.8 Å². The van der Waals surface area contributed by atoms with E-state index in [4.69, 9.17) is 15.3 Å². The highest BCUT2D eigenvalue weighted by atomic mass is 19.1. The highest BCUT2D eigenvalue weighted by Crippen LogP contribution is 2.40. The van der Waals surface area contributed by atoms with E-state index in [9.17, 15) is 9.18 Å². The number of hydrogen-bond acceptors (Lipinski definition) is 10. The van der Waals surface area contributed by atoms with Gasteiger partial charge in [-0.05, 0) is 44.2 Å². The quantitative estimate of drug-likeness (QED) is 0.173. The van der Waals surface area contributed by atoms with Crippen LogP contribution in [0.3, 0.4) is 0 Å². The summed E-state index contributed by atoms with van der Waals surface area (Å²) in [6.45, 7) is 8.92. The third-order valence-electron chi connectivity index (χ3n) is 7.18. The Labute approximate surface area is 240 Å². The number of rotatable bonds is 8. The number of nitrogens with zero attached hydrogens (tertiary/aromatic N) is 6. The summed E-state index contributed by atoms with van der Waals surface area (Å²) in [7, 11) is 1.53. The van der Waals surface area contributed by atoms with Gasteiger partial charge in [-0.15, -0.1) is 0 Å². The predicted octanol–water partition coefficient (Wildman–Crippen LogP) is 5.99. The molecule has 11 nitrogen and oxygen atoms in total. The van der Waals surface area contributed by atoms with Crippen molar-refractivity contribution in [3.63, 3.8) is 0 Å². The molecule has 4 aromatic rings. The normalized spacial score (nSPS) is 13.2. The number of ether oxygens (including phenoxy) is 1. The molecule has 1 fully saturated rings. The second kappa shape index (κ2) is 11.7. The van der Waals surface area contributed by atoms with Crippen LogP contribution in [-0.4, -0.2) is 59.0 Å². The van der Waals surface area contributed by atoms with Crippen LogP contribution in [0.1, 0.15) is 11.1 Å². The topological polar surface area (TPSA) is 132 Å². The van der Waals surface area contributed by atoms with Gasteiger partial charge < -0.3 is 25.2 Å². The summed E-state index contributed by atoms with van der Waals surface area (Å²) in [6, 6.07) is 8.16. The van der Waals surface area contributed by atoms with Crippen LogP contribution in [0.25, 0.3) is 11.0 Å². The molecule has 0 saturated carbocycles. The molecule has 0 aliphatic carbocycles. The van der Waals surface area contributed by atoms with E-state index < -0.39 is 11.6 Å². The van der Waals surface area contributed by atoms with Crippen molar-refractivity contribution < 1.29 is 18.3 Å². The number of piperazine rings is 1. The van der Waals surface area contributed by atoms with Crippen molar-refractivity contribution in [1.29, 1.82) is 5.53 Å². The number of anilines is 4. The minimum atomic E-state index is -0.605. The Morgan fingerprint density at radius 3 is 2.50 bits per heavy atom. The number of amides is 1. The molecule has 3 N–H and O–H groups in total. The summed E-state index contributed by atoms with van der Waals surface area (Å²) >= 11 is 0. The van der Waals surface area contributed by atoms with E-state index in [-0.39, 0.29) is 45.6 Å². The molecule has 42 heavy (non-hydrogen) atoms. The lowest BCUT2D eigenvalue weighted by Gasteiger charge is -2.35. The van der Waals surface area contributed by atoms with Crippen LogP contribution in [0.5, 0.6) is 11.5 Å². The van der Waals surface area contributed by atoms with Crippen LogP contribution in [0.15, 0.2) is 54.4 Å². The lowest BCUT2D eigenvalue weighted by atomic mass is 10.1. The Morgan fingerprint density at radius 2 is 1.81 bits per heavy atom. The molecule has 3 heterocycles. The third kappa shape index (κ3) is 5.28. The average Bonchev–Trinajstić information content (AvgIpc) is 3.02. The second-order valence-corrected chi connectivity index (χ2v) is 9.62. The summed E-state index contributed by atoms with van der Waals surface area (Å²) in [5.74, 6) is 0.0102. The number of carbonyl (C=O) groups excluding carboxylic acids is 1. The van der Waals surface area contributed by atoms with E-state index in [0.29, 0.717) is 48.8 Å². The second-order valence-electron chi connectivity index (χ2n) is 9.62. The van der Waals surface area contributed by atoms with Crippen LogP contribution in [0.2, 0.25) is 0 Å². The molecule has 13 heteroatoms. The van der Waals surface area contributed by atoms with Crippen molar-refractivity contribution in [3.05, 3.63) is 72.1 Å². The third-order valence-corrected chi connectivity index (χ3v) is 7.18. The molecule has 1 saturated heterocycles. The molecule has 0 bridgehead atoms. The first-order valence-electron chi connectivity index (χ1n) is 13.2. The van der Waals surface area contributed by atoms with Gasteiger partial charge in [-0.2, -0.15) is 5.11 Å². The number of hydrogen-bond donors (Lipinski definition) is 3. The van der Waals surface area contributed by atoms with Gasteiger partial charge in [0.2, 0.25) is 5.91 Å². The molecule has 0 atom stereocenters. The lowest BCUT2D eigenvalue weighted by molar-refractivity contribution is -0.126. The number of benzene rings is 2. The first kappa shape index (κ1) is 28.3. The zero-order valence-corrected chi connectivity index (χ0v) is 23.3. The minimum absolute atomic E-state index is 0.0571. The predicted molar refractivity (Wildman–Crippen MR) is 156 cm³/mol. The summed E-state index contributed by atoms with van der Waals surface area (Å²) in [5.41, 5.74) is 9.04. The van der Waals surface area contributed by atoms with Crippen molar-refractivity contribution >= 4 is 45.6 Å². The van der Waals surface area contributed by atoms with Crippen molar-refractivity contribution in [1.82, 2.24) is 19.9 Å². The highest BCUT2D eigenvalue weighted by Gasteiger charge is 2.22. The van der Waals surface area contributed by atoms with Crippen molar-refractivity contribution in [2.24, 2.45) is 5.11 Å². The fourth-order valence-corrected chi connectivity index (χ4v) is 4.75. The van der Waals surface area contributed by atoms with Crippen LogP contribution in [0.4, 0.5) is 37.5 Å². The Kier molecular flexibility index (Phi) is 7.91. The molecular weight excluding hydrogens is 544 g/mol. The summed E-state index contributed by atoms with van der Waals surface area (Å²) in [5, 5.41) is 9.08. The van der Waals surface area contributed by atoms with Crippen LogP contribution in [-0.2, 0) is 4.79 Å². The number of aromatic nitrogens is 3. The summed E-state index contributed by atoms with van der Waals surface area (Å²) in [4.78, 5) is 29.1. The van der Waals surface area contributed by atoms with Gasteiger partial charge in [0.05, 0.1) is 16.9 Å². The minimum Gasteiger partial charge on any atom is -0.457 e. The molecule has 216 valence electrons. The molecule has 0 radical (unpaired) electrons. The summed E-state index contributed by atoms with van der Waals surface area (Å²) in [6.07, 6.45) is 2.68. The maximum atomic E-state index is 15.6. The molecule has 1 aliphatic heterocycles. The number of halogens is 2. The van der Waals surface area contributed by atoms with E-state index in [0.717, 1.165) is 0 Å². The molecule has 0 spiro atoms. The van der Waals surface area contributed by atoms with Gasteiger partial charge in [-0.1, -0.05) is 6.58 Å². The zero-order valence-electron chi connectivity index (χ0n) is 23.3. The fourth-order valence-electron chi connectivity index (χ4n) is 4.75. The first-order chi connectivity index (χ1) is 20.2. The number of nitrogens with one attached hydrogen (secondary N) is 3. The van der Waals surface area contributed by atoms with E-state index >= 15 is 4.39 Å². The van der Waals surface area contributed by atoms with E-state index in [1.807, 2.05) is 12.1 Å². The monoisotopic (exact) mass is 573 g/mol. The van der Waals surface area contributed by atoms with Gasteiger partial charge in [0.25, 0.3) is 0 Å². The van der Waals surface area contributed by atoms with E-state index in [2.05, 4.69) is 37.2 Å². The molecule has 1 aliphatic rings. The van der Waals surface area contributed by atoms with Gasteiger partial charge in [-0.25, -0.2) is 29.3 Å². The summed E-state index contributed by atoms with van der Waals surface area (Å²) < 4.78 is 36.3. The Morgan fingerprint density at radius 1 is 1.07 bits per heavy atom. The number of pyridine rings is 1. The average molecular weight is 574 g/mol. The molecule has 2 aromatic carbocycles. The van der Waals surface area contributed by atoms with E-state index in [1.165, 1.54) is 38.5 Å². The fraction of sp³-hybridized carbons (Fsp3) is 0.241. The Hall–Kier alpha value is -5.20. The van der Waals surface area contributed by atoms with Gasteiger partial charge in [0.15, 0.2) is 17.5 Å². The van der Waals surface area contributed by atoms with E-state index in [1.54, 1.807) is 17.9 Å². The largest absolute Gasteiger partial charge is 0.457 e. The number of fused-ring (bicyclic) bond motifs is 1. The maximum Gasteiger partial charge on any atom is 0.246 e. The smallest absolute Gasteiger partial charge is 0.246 e. The van der Waals surface area contributed by atoms with Gasteiger partial charge in [0, 0.05) is 50.4 Å². The first-order valence-corrected chi connectivity index (χ1v) is 13.2. The zero-order chi connectivity index (χ0) is 30.0. The molecule has 1 amide bonds. The highest BCUT2D eigenvalue weighted by molar-refractivity contribution is 5.89. The van der Waals surface area contributed by atoms with Gasteiger partial charge in [-0.3, -0.25) is 4.79 Å². The SMILES string of the molecule is C=CC(=O)N1CCN(c2ccc3ncnc(Nc4ccc(Oc5cc(N=N)c(NC)c(F)c5C)c(C)c4F)c3n2)CC1. The van der Waals surface area contributed by atoms with Crippen LogP contribution < -0.4 is 20.3 Å².